The van der Waals surface area contributed by atoms with Crippen LogP contribution in [0.1, 0.15) is 19.4 Å². The zero-order valence-electron chi connectivity index (χ0n) is 9.55. The Hall–Kier alpha value is -1.61. The molecule has 3 nitrogen and oxygen atoms in total. The van der Waals surface area contributed by atoms with Crippen molar-refractivity contribution < 1.29 is 14.6 Å². The highest BCUT2D eigenvalue weighted by molar-refractivity contribution is 5.86. The van der Waals surface area contributed by atoms with E-state index < -0.39 is 5.97 Å². The Morgan fingerprint density at radius 3 is 2.62 bits per heavy atom. The second-order valence-electron chi connectivity index (χ2n) is 3.82. The Labute approximate surface area is 95.6 Å². The molecule has 0 N–H and O–H groups in total. The maximum atomic E-state index is 11.2. The van der Waals surface area contributed by atoms with E-state index in [4.69, 9.17) is 4.89 Å². The van der Waals surface area contributed by atoms with Crippen LogP contribution >= 0.6 is 0 Å². The number of benzene rings is 1. The van der Waals surface area contributed by atoms with Crippen LogP contribution < -0.4 is 0 Å². The van der Waals surface area contributed by atoms with E-state index in [1.807, 2.05) is 44.2 Å². The monoisotopic (exact) mass is 220 g/mol. The van der Waals surface area contributed by atoms with E-state index in [9.17, 15) is 4.79 Å². The maximum absolute atomic E-state index is 11.2. The Kier molecular flexibility index (Phi) is 5.29. The molecule has 1 aromatic rings. The molecule has 0 atom stereocenters. The van der Waals surface area contributed by atoms with Crippen molar-refractivity contribution in [1.29, 1.82) is 0 Å². The molecule has 3 heteroatoms. The van der Waals surface area contributed by atoms with Crippen LogP contribution in [-0.2, 0) is 14.6 Å². The van der Waals surface area contributed by atoms with Crippen molar-refractivity contribution >= 4 is 12.0 Å². The lowest BCUT2D eigenvalue weighted by atomic mass is 10.2. The lowest BCUT2D eigenvalue weighted by Crippen LogP contribution is -2.06. The molecule has 0 radical (unpaired) electrons. The second-order valence-corrected chi connectivity index (χ2v) is 3.82. The van der Waals surface area contributed by atoms with Crippen molar-refractivity contribution in [2.75, 3.05) is 6.61 Å². The van der Waals surface area contributed by atoms with E-state index in [-0.39, 0.29) is 0 Å². The van der Waals surface area contributed by atoms with Gasteiger partial charge in [-0.1, -0.05) is 44.2 Å². The van der Waals surface area contributed by atoms with Gasteiger partial charge in [-0.25, -0.2) is 4.79 Å². The van der Waals surface area contributed by atoms with Crippen LogP contribution in [0.25, 0.3) is 6.08 Å². The van der Waals surface area contributed by atoms with Gasteiger partial charge in [0, 0.05) is 6.08 Å². The normalized spacial score (nSPS) is 10.9. The summed E-state index contributed by atoms with van der Waals surface area (Å²) in [5.41, 5.74) is 0.948. The third-order valence-electron chi connectivity index (χ3n) is 1.75. The van der Waals surface area contributed by atoms with E-state index in [1.165, 1.54) is 6.08 Å². The number of carbonyl (C=O) groups excluding carboxylic acids is 1. The summed E-state index contributed by atoms with van der Waals surface area (Å²) in [5.74, 6) is -0.157. The Morgan fingerprint density at radius 1 is 1.31 bits per heavy atom. The van der Waals surface area contributed by atoms with Gasteiger partial charge < -0.3 is 0 Å². The van der Waals surface area contributed by atoms with Gasteiger partial charge in [0.1, 0.15) is 0 Å². The first-order chi connectivity index (χ1) is 7.68. The lowest BCUT2D eigenvalue weighted by molar-refractivity contribution is -0.271. The van der Waals surface area contributed by atoms with E-state index in [1.54, 1.807) is 6.08 Å². The summed E-state index contributed by atoms with van der Waals surface area (Å²) in [6.45, 7) is 4.37. The van der Waals surface area contributed by atoms with E-state index in [0.29, 0.717) is 12.5 Å². The third kappa shape index (κ3) is 5.32. The molecule has 0 saturated heterocycles. The summed E-state index contributed by atoms with van der Waals surface area (Å²) in [7, 11) is 0. The van der Waals surface area contributed by atoms with Gasteiger partial charge in [-0.2, -0.15) is 4.89 Å². The summed E-state index contributed by atoms with van der Waals surface area (Å²) in [5, 5.41) is 0. The van der Waals surface area contributed by atoms with Crippen molar-refractivity contribution in [3.63, 3.8) is 0 Å². The predicted molar refractivity (Wildman–Crippen MR) is 62.4 cm³/mol. The summed E-state index contributed by atoms with van der Waals surface area (Å²) < 4.78 is 0. The highest BCUT2D eigenvalue weighted by atomic mass is 17.2. The highest BCUT2D eigenvalue weighted by Gasteiger charge is 1.99. The largest absolute Gasteiger partial charge is 0.365 e. The fourth-order valence-corrected chi connectivity index (χ4v) is 0.984. The van der Waals surface area contributed by atoms with Crippen LogP contribution in [0, 0.1) is 5.92 Å². The van der Waals surface area contributed by atoms with Gasteiger partial charge in [-0.3, -0.25) is 4.89 Å². The van der Waals surface area contributed by atoms with E-state index in [2.05, 4.69) is 4.89 Å². The van der Waals surface area contributed by atoms with E-state index >= 15 is 0 Å². The van der Waals surface area contributed by atoms with Gasteiger partial charge in [-0.15, -0.1) is 0 Å². The molecule has 0 bridgehead atoms. The molecule has 1 aromatic carbocycles. The SMILES string of the molecule is CC(C)COOC(=O)/C=C/c1ccccc1. The third-order valence-corrected chi connectivity index (χ3v) is 1.75. The summed E-state index contributed by atoms with van der Waals surface area (Å²) in [6, 6.07) is 9.53. The molecule has 0 fully saturated rings. The quantitative estimate of drug-likeness (QED) is 0.435. The van der Waals surface area contributed by atoms with Crippen LogP contribution in [-0.4, -0.2) is 12.6 Å². The first-order valence-electron chi connectivity index (χ1n) is 5.25. The molecule has 0 amide bonds. The topological polar surface area (TPSA) is 35.5 Å². The molecule has 16 heavy (non-hydrogen) atoms. The molecule has 86 valence electrons. The van der Waals surface area contributed by atoms with Gasteiger partial charge in [0.05, 0.1) is 6.61 Å². The van der Waals surface area contributed by atoms with Crippen LogP contribution in [0.5, 0.6) is 0 Å². The highest BCUT2D eigenvalue weighted by Crippen LogP contribution is 2.01. The minimum Gasteiger partial charge on any atom is -0.294 e. The average molecular weight is 220 g/mol. The second kappa shape index (κ2) is 6.80. The van der Waals surface area contributed by atoms with Crippen LogP contribution in [0.3, 0.4) is 0 Å². The van der Waals surface area contributed by atoms with Crippen molar-refractivity contribution in [2.24, 2.45) is 5.92 Å². The smallest absolute Gasteiger partial charge is 0.294 e. The average Bonchev–Trinajstić information content (AvgIpc) is 2.27. The molecule has 0 aliphatic rings. The van der Waals surface area contributed by atoms with Crippen molar-refractivity contribution in [2.45, 2.75) is 13.8 Å². The molecule has 0 aliphatic carbocycles. The molecule has 1 rings (SSSR count). The zero-order chi connectivity index (χ0) is 11.8. The molecule has 0 aliphatic heterocycles. The first kappa shape index (κ1) is 12.5. The summed E-state index contributed by atoms with van der Waals surface area (Å²) >= 11 is 0. The van der Waals surface area contributed by atoms with Crippen molar-refractivity contribution in [3.05, 3.63) is 42.0 Å². The minimum atomic E-state index is -0.496. The van der Waals surface area contributed by atoms with Gasteiger partial charge in [0.15, 0.2) is 0 Å². The van der Waals surface area contributed by atoms with Crippen LogP contribution in [0.15, 0.2) is 36.4 Å². The molecule has 0 aromatic heterocycles. The number of rotatable bonds is 5. The standard InChI is InChI=1S/C13H16O3/c1-11(2)10-15-16-13(14)9-8-12-6-4-3-5-7-12/h3-9,11H,10H2,1-2H3/b9-8+. The van der Waals surface area contributed by atoms with E-state index in [0.717, 1.165) is 5.56 Å². The molecule has 0 unspecified atom stereocenters. The molecule has 0 heterocycles. The number of hydrogen-bond donors (Lipinski definition) is 0. The van der Waals surface area contributed by atoms with Gasteiger partial charge in [0.2, 0.25) is 0 Å². The van der Waals surface area contributed by atoms with Crippen LogP contribution in [0.4, 0.5) is 0 Å². The van der Waals surface area contributed by atoms with Gasteiger partial charge in [0.25, 0.3) is 0 Å². The summed E-state index contributed by atoms with van der Waals surface area (Å²) in [4.78, 5) is 20.5. The minimum absolute atomic E-state index is 0.339. The Balaban J connectivity index is 2.32. The number of hydrogen-bond acceptors (Lipinski definition) is 3. The van der Waals surface area contributed by atoms with Gasteiger partial charge in [-0.05, 0) is 17.6 Å². The Morgan fingerprint density at radius 2 is 2.00 bits per heavy atom. The number of carbonyl (C=O) groups is 1. The fourth-order valence-electron chi connectivity index (χ4n) is 0.984. The van der Waals surface area contributed by atoms with Crippen molar-refractivity contribution in [3.8, 4) is 0 Å². The molecule has 0 saturated carbocycles. The Bertz CT molecular complexity index is 341. The summed E-state index contributed by atoms with van der Waals surface area (Å²) in [6.07, 6.45) is 3.02. The zero-order valence-corrected chi connectivity index (χ0v) is 9.55. The van der Waals surface area contributed by atoms with Gasteiger partial charge >= 0.3 is 5.97 Å². The fraction of sp³-hybridized carbons (Fsp3) is 0.308. The predicted octanol–water partition coefficient (Wildman–Crippen LogP) is 2.83. The maximum Gasteiger partial charge on any atom is 0.365 e. The first-order valence-corrected chi connectivity index (χ1v) is 5.25. The molecular formula is C13H16O3. The van der Waals surface area contributed by atoms with Crippen LogP contribution in [0.2, 0.25) is 0 Å². The molecular weight excluding hydrogens is 204 g/mol. The lowest BCUT2D eigenvalue weighted by Gasteiger charge is -2.03. The molecule has 0 spiro atoms. The van der Waals surface area contributed by atoms with Crippen molar-refractivity contribution in [1.82, 2.24) is 0 Å².